The van der Waals surface area contributed by atoms with Crippen LogP contribution < -0.4 is 4.74 Å². The number of carbonyl (C=O) groups is 1. The zero-order valence-corrected chi connectivity index (χ0v) is 15.9. The number of carbonyl (C=O) groups excluding carboxylic acids is 1. The predicted octanol–water partition coefficient (Wildman–Crippen LogP) is 3.91. The Kier molecular flexibility index (Phi) is 5.18. The summed E-state index contributed by atoms with van der Waals surface area (Å²) in [5.41, 5.74) is 2.28. The average Bonchev–Trinajstić information content (AvgIpc) is 2.69. The Morgan fingerprint density at radius 3 is 2.81 bits per heavy atom. The fourth-order valence-electron chi connectivity index (χ4n) is 4.19. The number of hydrogen-bond acceptors (Lipinski definition) is 4. The molecule has 0 bridgehead atoms. The monoisotopic (exact) mass is 383 g/mol. The number of aliphatic imine (C=N–C) groups is 1. The number of ether oxygens (including phenoxy) is 1. The smallest absolute Gasteiger partial charge is 0.255 e. The number of piperidine rings is 1. The van der Waals surface area contributed by atoms with Crippen molar-refractivity contribution in [1.82, 2.24) is 4.90 Å². The molecule has 140 valence electrons. The number of rotatable bonds is 3. The van der Waals surface area contributed by atoms with E-state index in [0.29, 0.717) is 16.3 Å². The Bertz CT molecular complexity index is 847. The first kappa shape index (κ1) is 18.1. The van der Waals surface area contributed by atoms with Crippen LogP contribution in [0.25, 0.3) is 0 Å². The summed E-state index contributed by atoms with van der Waals surface area (Å²) in [6.07, 6.45) is 7.62. The number of likely N-dealkylation sites (tertiary alicyclic amines) is 1. The minimum absolute atomic E-state index is 0.121. The zero-order chi connectivity index (χ0) is 18.8. The highest BCUT2D eigenvalue weighted by Gasteiger charge is 2.35. The first-order valence-corrected chi connectivity index (χ1v) is 9.94. The van der Waals surface area contributed by atoms with Gasteiger partial charge in [0.1, 0.15) is 11.8 Å². The third-order valence-corrected chi connectivity index (χ3v) is 5.93. The van der Waals surface area contributed by atoms with Crippen molar-refractivity contribution in [3.63, 3.8) is 0 Å². The van der Waals surface area contributed by atoms with E-state index in [9.17, 15) is 4.79 Å². The highest BCUT2D eigenvalue weighted by atomic mass is 35.5. The van der Waals surface area contributed by atoms with Crippen LogP contribution in [0.15, 0.2) is 34.8 Å². The number of nitriles is 1. The lowest BCUT2D eigenvalue weighted by molar-refractivity contribution is -0.130. The fourth-order valence-corrected chi connectivity index (χ4v) is 4.41. The molecular formula is C21H22ClN3O2. The van der Waals surface area contributed by atoms with E-state index in [1.807, 2.05) is 4.90 Å². The number of fused-ring (bicyclic) bond motifs is 1. The van der Waals surface area contributed by atoms with Gasteiger partial charge in [0, 0.05) is 37.3 Å². The van der Waals surface area contributed by atoms with Gasteiger partial charge in [0.25, 0.3) is 5.91 Å². The van der Waals surface area contributed by atoms with Crippen molar-refractivity contribution < 1.29 is 9.53 Å². The Balaban J connectivity index is 1.35. The lowest BCUT2D eigenvalue weighted by Gasteiger charge is -2.40. The van der Waals surface area contributed by atoms with Gasteiger partial charge >= 0.3 is 0 Å². The molecule has 2 heterocycles. The molecule has 0 spiro atoms. The molecule has 6 heteroatoms. The summed E-state index contributed by atoms with van der Waals surface area (Å²) in [4.78, 5) is 19.4. The fraction of sp³-hybridized carbons (Fsp3) is 0.476. The van der Waals surface area contributed by atoms with Gasteiger partial charge < -0.3 is 9.64 Å². The number of hydrogen-bond donors (Lipinski definition) is 0. The lowest BCUT2D eigenvalue weighted by Crippen LogP contribution is -2.49. The molecule has 0 N–H and O–H groups in total. The van der Waals surface area contributed by atoms with E-state index in [-0.39, 0.29) is 18.1 Å². The van der Waals surface area contributed by atoms with Crippen molar-refractivity contribution in [2.24, 2.45) is 4.99 Å². The van der Waals surface area contributed by atoms with Gasteiger partial charge in [-0.1, -0.05) is 17.7 Å². The third kappa shape index (κ3) is 3.72. The van der Waals surface area contributed by atoms with Crippen molar-refractivity contribution in [2.45, 2.75) is 50.7 Å². The van der Waals surface area contributed by atoms with Crippen molar-refractivity contribution in [1.29, 1.82) is 5.26 Å². The van der Waals surface area contributed by atoms with E-state index in [1.165, 1.54) is 0 Å². The number of dihydropyridines is 1. The topological polar surface area (TPSA) is 65.7 Å². The molecule has 1 aliphatic carbocycles. The Labute approximate surface area is 164 Å². The van der Waals surface area contributed by atoms with Crippen molar-refractivity contribution in [3.05, 3.63) is 40.4 Å². The molecule has 4 rings (SSSR count). The van der Waals surface area contributed by atoms with Gasteiger partial charge in [0.05, 0.1) is 22.3 Å². The van der Waals surface area contributed by atoms with Crippen LogP contribution in [0.4, 0.5) is 0 Å². The summed E-state index contributed by atoms with van der Waals surface area (Å²) in [6, 6.07) is 7.52. The first-order chi connectivity index (χ1) is 13.2. The molecule has 1 saturated carbocycles. The Hall–Kier alpha value is -2.32. The minimum Gasteiger partial charge on any atom is -0.490 e. The molecule has 2 fully saturated rings. The van der Waals surface area contributed by atoms with E-state index in [0.717, 1.165) is 62.9 Å². The van der Waals surface area contributed by atoms with Gasteiger partial charge in [-0.15, -0.1) is 0 Å². The molecule has 5 nitrogen and oxygen atoms in total. The van der Waals surface area contributed by atoms with Crippen LogP contribution in [0.2, 0.25) is 5.02 Å². The second-order valence-electron chi connectivity index (χ2n) is 7.29. The average molecular weight is 384 g/mol. The molecule has 27 heavy (non-hydrogen) atoms. The third-order valence-electron chi connectivity index (χ3n) is 5.62. The van der Waals surface area contributed by atoms with Crippen molar-refractivity contribution in [3.8, 4) is 11.8 Å². The molecule has 1 saturated heterocycles. The summed E-state index contributed by atoms with van der Waals surface area (Å²) in [6.45, 7) is 1.59. The van der Waals surface area contributed by atoms with Crippen molar-refractivity contribution >= 4 is 23.2 Å². The van der Waals surface area contributed by atoms with E-state index in [1.54, 1.807) is 18.2 Å². The molecule has 0 radical (unpaired) electrons. The van der Waals surface area contributed by atoms with E-state index < -0.39 is 0 Å². The number of amides is 1. The van der Waals surface area contributed by atoms with Gasteiger partial charge in [0.15, 0.2) is 0 Å². The lowest BCUT2D eigenvalue weighted by atomic mass is 9.88. The second kappa shape index (κ2) is 7.74. The number of halogens is 1. The van der Waals surface area contributed by atoms with Crippen LogP contribution in [-0.2, 0) is 4.79 Å². The molecule has 0 aromatic heterocycles. The maximum absolute atomic E-state index is 12.8. The molecule has 0 unspecified atom stereocenters. The standard InChI is InChI=1S/C21H22ClN3O2/c22-19-12-17(6-3-14(19)13-23)27-16-7-4-15(5-8-16)25-11-9-20-18(21(25)26)2-1-10-24-20/h2-3,6,12,15-16H,1,4-5,7-11H2/t15-,16-. The Morgan fingerprint density at radius 1 is 1.26 bits per heavy atom. The Morgan fingerprint density at radius 2 is 2.07 bits per heavy atom. The van der Waals surface area contributed by atoms with Gasteiger partial charge in [-0.25, -0.2) is 0 Å². The van der Waals surface area contributed by atoms with Crippen LogP contribution >= 0.6 is 11.6 Å². The van der Waals surface area contributed by atoms with Gasteiger partial charge in [-0.2, -0.15) is 5.26 Å². The molecule has 1 aromatic carbocycles. The zero-order valence-electron chi connectivity index (χ0n) is 15.2. The molecule has 1 amide bonds. The van der Waals surface area contributed by atoms with Gasteiger partial charge in [-0.05, 0) is 44.2 Å². The molecule has 3 aliphatic rings. The minimum atomic E-state index is 0.121. The number of benzene rings is 1. The van der Waals surface area contributed by atoms with E-state index in [4.69, 9.17) is 21.6 Å². The number of nitrogens with zero attached hydrogens (tertiary/aromatic N) is 3. The van der Waals surface area contributed by atoms with Crippen LogP contribution in [0.3, 0.4) is 0 Å². The summed E-state index contributed by atoms with van der Waals surface area (Å²) in [5.74, 6) is 0.854. The normalized spacial score (nSPS) is 25.2. The SMILES string of the molecule is N#Cc1ccc(O[C@H]2CC[C@H](N3CCC4=NCCC=C4C3=O)CC2)cc1Cl. The molecule has 1 aromatic rings. The van der Waals surface area contributed by atoms with E-state index in [2.05, 4.69) is 17.1 Å². The predicted molar refractivity (Wildman–Crippen MR) is 104 cm³/mol. The highest BCUT2D eigenvalue weighted by molar-refractivity contribution is 6.31. The van der Waals surface area contributed by atoms with Crippen LogP contribution in [-0.4, -0.2) is 41.8 Å². The molecular weight excluding hydrogens is 362 g/mol. The summed E-state index contributed by atoms with van der Waals surface area (Å²) < 4.78 is 6.06. The summed E-state index contributed by atoms with van der Waals surface area (Å²) >= 11 is 6.08. The molecule has 2 aliphatic heterocycles. The van der Waals surface area contributed by atoms with Gasteiger partial charge in [0.2, 0.25) is 0 Å². The van der Waals surface area contributed by atoms with E-state index >= 15 is 0 Å². The maximum Gasteiger partial charge on any atom is 0.255 e. The first-order valence-electron chi connectivity index (χ1n) is 9.57. The second-order valence-corrected chi connectivity index (χ2v) is 7.69. The van der Waals surface area contributed by atoms with Gasteiger partial charge in [-0.3, -0.25) is 9.79 Å². The van der Waals surface area contributed by atoms with Crippen LogP contribution in [0.5, 0.6) is 5.75 Å². The van der Waals surface area contributed by atoms with Crippen LogP contribution in [0.1, 0.15) is 44.1 Å². The van der Waals surface area contributed by atoms with Crippen molar-refractivity contribution in [2.75, 3.05) is 13.1 Å². The molecule has 0 atom stereocenters. The summed E-state index contributed by atoms with van der Waals surface area (Å²) in [5, 5.41) is 9.38. The van der Waals surface area contributed by atoms with Crippen LogP contribution in [0, 0.1) is 11.3 Å². The quantitative estimate of drug-likeness (QED) is 0.794. The highest BCUT2D eigenvalue weighted by Crippen LogP contribution is 2.31. The largest absolute Gasteiger partial charge is 0.490 e. The summed E-state index contributed by atoms with van der Waals surface area (Å²) in [7, 11) is 0. The maximum atomic E-state index is 12.8.